The lowest BCUT2D eigenvalue weighted by Gasteiger charge is -2.26. The van der Waals surface area contributed by atoms with Crippen molar-refractivity contribution in [2.75, 3.05) is 6.54 Å². The first-order valence-electron chi connectivity index (χ1n) is 4.71. The van der Waals surface area contributed by atoms with Crippen molar-refractivity contribution in [2.24, 2.45) is 17.6 Å². The third-order valence-corrected chi connectivity index (χ3v) is 2.83. The van der Waals surface area contributed by atoms with Crippen molar-refractivity contribution in [3.05, 3.63) is 12.7 Å². The van der Waals surface area contributed by atoms with Crippen molar-refractivity contribution in [3.63, 3.8) is 0 Å². The Balaban J connectivity index is 2.35. The summed E-state index contributed by atoms with van der Waals surface area (Å²) in [6.07, 6.45) is 8.99. The summed E-state index contributed by atoms with van der Waals surface area (Å²) in [4.78, 5) is 0. The van der Waals surface area contributed by atoms with Crippen molar-refractivity contribution in [1.29, 1.82) is 0 Å². The number of hydrogen-bond acceptors (Lipinski definition) is 1. The second-order valence-corrected chi connectivity index (χ2v) is 3.53. The average molecular weight is 153 g/mol. The minimum absolute atomic E-state index is 0.579. The molecular weight excluding hydrogens is 134 g/mol. The summed E-state index contributed by atoms with van der Waals surface area (Å²) in [7, 11) is 0. The van der Waals surface area contributed by atoms with E-state index in [0.717, 1.165) is 12.5 Å². The van der Waals surface area contributed by atoms with E-state index in [9.17, 15) is 0 Å². The molecule has 1 aliphatic rings. The van der Waals surface area contributed by atoms with Crippen LogP contribution in [0, 0.1) is 11.8 Å². The normalized spacial score (nSPS) is 23.0. The molecule has 0 amide bonds. The quantitative estimate of drug-likeness (QED) is 0.619. The van der Waals surface area contributed by atoms with E-state index in [1.165, 1.54) is 32.1 Å². The fourth-order valence-corrected chi connectivity index (χ4v) is 2.04. The van der Waals surface area contributed by atoms with Crippen LogP contribution < -0.4 is 5.73 Å². The van der Waals surface area contributed by atoms with Gasteiger partial charge in [0.15, 0.2) is 0 Å². The van der Waals surface area contributed by atoms with Crippen molar-refractivity contribution >= 4 is 0 Å². The molecule has 0 aromatic carbocycles. The zero-order valence-electron chi connectivity index (χ0n) is 7.26. The van der Waals surface area contributed by atoms with Crippen molar-refractivity contribution in [2.45, 2.75) is 32.1 Å². The molecule has 1 saturated carbocycles. The number of rotatable bonds is 3. The first-order chi connectivity index (χ1) is 5.38. The molecule has 0 aromatic heterocycles. The molecule has 11 heavy (non-hydrogen) atoms. The van der Waals surface area contributed by atoms with E-state index in [4.69, 9.17) is 5.73 Å². The maximum absolute atomic E-state index is 5.64. The molecule has 1 rings (SSSR count). The van der Waals surface area contributed by atoms with Crippen LogP contribution in [0.4, 0.5) is 0 Å². The predicted molar refractivity (Wildman–Crippen MR) is 49.3 cm³/mol. The van der Waals surface area contributed by atoms with Crippen LogP contribution in [0.1, 0.15) is 32.1 Å². The van der Waals surface area contributed by atoms with Gasteiger partial charge >= 0.3 is 0 Å². The molecule has 2 N–H and O–H groups in total. The van der Waals surface area contributed by atoms with Crippen LogP contribution in [0.2, 0.25) is 0 Å². The molecule has 64 valence electrons. The maximum Gasteiger partial charge on any atom is -0.00116 e. The standard InChI is InChI=1S/C10H19N/c1-2-9(8-11)10-6-4-3-5-7-10/h2,9-10H,1,3-8,11H2/t9-/m1/s1. The molecule has 1 fully saturated rings. The number of nitrogens with two attached hydrogens (primary N) is 1. The van der Waals surface area contributed by atoms with Crippen molar-refractivity contribution < 1.29 is 0 Å². The van der Waals surface area contributed by atoms with Gasteiger partial charge in [0.2, 0.25) is 0 Å². The maximum atomic E-state index is 5.64. The van der Waals surface area contributed by atoms with Gasteiger partial charge in [-0.1, -0.05) is 25.3 Å². The average Bonchev–Trinajstić information content (AvgIpc) is 2.09. The van der Waals surface area contributed by atoms with Gasteiger partial charge in [-0.3, -0.25) is 0 Å². The fraction of sp³-hybridized carbons (Fsp3) is 0.800. The molecular formula is C10H19N. The van der Waals surface area contributed by atoms with Crippen LogP contribution in [0.15, 0.2) is 12.7 Å². The van der Waals surface area contributed by atoms with Crippen LogP contribution in [0.5, 0.6) is 0 Å². The highest BCUT2D eigenvalue weighted by Crippen LogP contribution is 2.29. The van der Waals surface area contributed by atoms with Gasteiger partial charge in [0.25, 0.3) is 0 Å². The highest BCUT2D eigenvalue weighted by Gasteiger charge is 2.19. The molecule has 0 saturated heterocycles. The summed E-state index contributed by atoms with van der Waals surface area (Å²) in [6.45, 7) is 4.61. The van der Waals surface area contributed by atoms with Crippen molar-refractivity contribution in [1.82, 2.24) is 0 Å². The second kappa shape index (κ2) is 4.55. The number of hydrogen-bond donors (Lipinski definition) is 1. The Morgan fingerprint density at radius 1 is 1.36 bits per heavy atom. The van der Waals surface area contributed by atoms with Gasteiger partial charge < -0.3 is 5.73 Å². The van der Waals surface area contributed by atoms with Gasteiger partial charge in [0.1, 0.15) is 0 Å². The van der Waals surface area contributed by atoms with Crippen LogP contribution in [0.3, 0.4) is 0 Å². The highest BCUT2D eigenvalue weighted by molar-refractivity contribution is 4.86. The van der Waals surface area contributed by atoms with Gasteiger partial charge in [-0.2, -0.15) is 0 Å². The smallest absolute Gasteiger partial charge is 0.00116 e. The molecule has 1 aliphatic carbocycles. The van der Waals surface area contributed by atoms with Gasteiger partial charge in [-0.05, 0) is 31.2 Å². The summed E-state index contributed by atoms with van der Waals surface area (Å²) < 4.78 is 0. The van der Waals surface area contributed by atoms with E-state index < -0.39 is 0 Å². The van der Waals surface area contributed by atoms with Crippen LogP contribution in [0.25, 0.3) is 0 Å². The van der Waals surface area contributed by atoms with Gasteiger partial charge in [-0.25, -0.2) is 0 Å². The highest BCUT2D eigenvalue weighted by atomic mass is 14.6. The summed E-state index contributed by atoms with van der Waals surface area (Å²) in [6, 6.07) is 0. The molecule has 1 atom stereocenters. The Morgan fingerprint density at radius 2 is 2.00 bits per heavy atom. The molecule has 0 spiro atoms. The minimum atomic E-state index is 0.579. The van der Waals surface area contributed by atoms with Crippen LogP contribution >= 0.6 is 0 Å². The van der Waals surface area contributed by atoms with Gasteiger partial charge in [0.05, 0.1) is 0 Å². The minimum Gasteiger partial charge on any atom is -0.330 e. The van der Waals surface area contributed by atoms with E-state index in [2.05, 4.69) is 6.58 Å². The molecule has 0 unspecified atom stereocenters. The molecule has 1 heteroatoms. The van der Waals surface area contributed by atoms with Gasteiger partial charge in [0, 0.05) is 0 Å². The molecule has 0 aromatic rings. The first-order valence-corrected chi connectivity index (χ1v) is 4.71. The third kappa shape index (κ3) is 2.33. The first kappa shape index (κ1) is 8.79. The van der Waals surface area contributed by atoms with Crippen LogP contribution in [-0.4, -0.2) is 6.54 Å². The third-order valence-electron chi connectivity index (χ3n) is 2.83. The SMILES string of the molecule is C=C[C@H](CN)C1CCCCC1. The van der Waals surface area contributed by atoms with E-state index in [0.29, 0.717) is 5.92 Å². The topological polar surface area (TPSA) is 26.0 Å². The Bertz CT molecular complexity index is 114. The second-order valence-electron chi connectivity index (χ2n) is 3.53. The van der Waals surface area contributed by atoms with Crippen molar-refractivity contribution in [3.8, 4) is 0 Å². The molecule has 0 heterocycles. The molecule has 0 radical (unpaired) electrons. The fourth-order valence-electron chi connectivity index (χ4n) is 2.04. The predicted octanol–water partition coefficient (Wildman–Crippen LogP) is 2.33. The monoisotopic (exact) mass is 153 g/mol. The zero-order valence-corrected chi connectivity index (χ0v) is 7.26. The zero-order chi connectivity index (χ0) is 8.10. The lowest BCUT2D eigenvalue weighted by molar-refractivity contribution is 0.290. The Labute approximate surface area is 69.7 Å². The summed E-state index contributed by atoms with van der Waals surface area (Å²) >= 11 is 0. The summed E-state index contributed by atoms with van der Waals surface area (Å²) in [5.74, 6) is 1.42. The lowest BCUT2D eigenvalue weighted by atomic mass is 9.80. The molecule has 0 aliphatic heterocycles. The summed E-state index contributed by atoms with van der Waals surface area (Å²) in [5, 5.41) is 0. The molecule has 1 nitrogen and oxygen atoms in total. The van der Waals surface area contributed by atoms with Crippen LogP contribution in [-0.2, 0) is 0 Å². The van der Waals surface area contributed by atoms with E-state index in [-0.39, 0.29) is 0 Å². The van der Waals surface area contributed by atoms with Gasteiger partial charge in [-0.15, -0.1) is 6.58 Å². The Hall–Kier alpha value is -0.300. The lowest BCUT2D eigenvalue weighted by Crippen LogP contribution is -2.23. The molecule has 0 bridgehead atoms. The van der Waals surface area contributed by atoms with E-state index >= 15 is 0 Å². The Morgan fingerprint density at radius 3 is 2.45 bits per heavy atom. The Kier molecular flexibility index (Phi) is 3.64. The van der Waals surface area contributed by atoms with E-state index in [1.807, 2.05) is 6.08 Å². The largest absolute Gasteiger partial charge is 0.330 e. The van der Waals surface area contributed by atoms with E-state index in [1.54, 1.807) is 0 Å². The summed E-state index contributed by atoms with van der Waals surface area (Å²) in [5.41, 5.74) is 5.64.